The highest BCUT2D eigenvalue weighted by atomic mass is 32.2. The summed E-state index contributed by atoms with van der Waals surface area (Å²) < 4.78 is 28.4. The summed E-state index contributed by atoms with van der Waals surface area (Å²) in [6.07, 6.45) is 4.87. The maximum atomic E-state index is 12.9. The quantitative estimate of drug-likeness (QED) is 0.433. The summed E-state index contributed by atoms with van der Waals surface area (Å²) in [5.41, 5.74) is 0.936. The van der Waals surface area contributed by atoms with Gasteiger partial charge in [-0.25, -0.2) is 13.2 Å². The first-order valence-corrected chi connectivity index (χ1v) is 12.3. The van der Waals surface area contributed by atoms with Gasteiger partial charge in [-0.15, -0.1) is 0 Å². The summed E-state index contributed by atoms with van der Waals surface area (Å²) in [7, 11) is -3.97. The van der Waals surface area contributed by atoms with Crippen LogP contribution in [-0.2, 0) is 10.0 Å². The molecule has 2 heterocycles. The molecule has 1 aliphatic rings. The number of imidazole rings is 1. The summed E-state index contributed by atoms with van der Waals surface area (Å²) in [4.78, 5) is 31.7. The molecule has 2 aromatic carbocycles. The molecule has 1 aliphatic heterocycles. The molecule has 1 aromatic heterocycles. The number of hydrogen-bond acceptors (Lipinski definition) is 5. The Balaban J connectivity index is 1.45. The highest BCUT2D eigenvalue weighted by Crippen LogP contribution is 2.22. The molecule has 9 nitrogen and oxygen atoms in total. The third-order valence-electron chi connectivity index (χ3n) is 5.63. The lowest BCUT2D eigenvalue weighted by molar-refractivity contribution is 0.0949. The van der Waals surface area contributed by atoms with Crippen molar-refractivity contribution >= 4 is 32.7 Å². The zero-order valence-corrected chi connectivity index (χ0v) is 18.5. The van der Waals surface area contributed by atoms with Crippen molar-refractivity contribution in [3.8, 4) is 0 Å². The van der Waals surface area contributed by atoms with E-state index < -0.39 is 15.7 Å². The van der Waals surface area contributed by atoms with Crippen LogP contribution in [0.3, 0.4) is 0 Å². The van der Waals surface area contributed by atoms with Crippen LogP contribution >= 0.6 is 0 Å². The number of rotatable bonds is 7. The molecule has 1 fully saturated rings. The van der Waals surface area contributed by atoms with Gasteiger partial charge in [0, 0.05) is 13.1 Å². The molecule has 0 unspecified atom stereocenters. The standard InChI is InChI=1S/C22H27N5O4S/c28-21(23-11-14-27-12-5-1-2-6-13-27)17-7-3-4-8-18(17)26-32(30,31)16-9-10-19-20(15-16)25-22(29)24-19/h3-4,7-10,15,26H,1-2,5-6,11-14H2,(H,23,28)(H2,24,25,29). The van der Waals surface area contributed by atoms with Gasteiger partial charge in [-0.3, -0.25) is 9.52 Å². The van der Waals surface area contributed by atoms with E-state index in [0.29, 0.717) is 17.6 Å². The second-order valence-electron chi connectivity index (χ2n) is 7.95. The van der Waals surface area contributed by atoms with Crippen LogP contribution in [0, 0.1) is 0 Å². The monoisotopic (exact) mass is 457 g/mol. The Morgan fingerprint density at radius 3 is 2.47 bits per heavy atom. The lowest BCUT2D eigenvalue weighted by Gasteiger charge is -2.20. The predicted molar refractivity (Wildman–Crippen MR) is 123 cm³/mol. The van der Waals surface area contributed by atoms with Gasteiger partial charge in [-0.1, -0.05) is 25.0 Å². The first-order valence-electron chi connectivity index (χ1n) is 10.8. The van der Waals surface area contributed by atoms with E-state index in [1.165, 1.54) is 43.9 Å². The molecule has 0 atom stereocenters. The number of likely N-dealkylation sites (tertiary alicyclic amines) is 1. The van der Waals surface area contributed by atoms with Crippen molar-refractivity contribution in [2.45, 2.75) is 30.6 Å². The fourth-order valence-corrected chi connectivity index (χ4v) is 5.04. The number of sulfonamides is 1. The molecule has 0 saturated carbocycles. The summed E-state index contributed by atoms with van der Waals surface area (Å²) in [6, 6.07) is 10.8. The van der Waals surface area contributed by atoms with Crippen LogP contribution in [0.25, 0.3) is 11.0 Å². The molecule has 0 bridgehead atoms. The Bertz CT molecular complexity index is 1260. The first-order chi connectivity index (χ1) is 15.4. The van der Waals surface area contributed by atoms with E-state index in [0.717, 1.165) is 19.6 Å². The summed E-state index contributed by atoms with van der Waals surface area (Å²) >= 11 is 0. The number of aromatic amines is 2. The Morgan fingerprint density at radius 2 is 1.69 bits per heavy atom. The molecule has 0 radical (unpaired) electrons. The number of H-pyrrole nitrogens is 2. The van der Waals surface area contributed by atoms with Gasteiger partial charge in [0.1, 0.15) is 0 Å². The van der Waals surface area contributed by atoms with E-state index in [9.17, 15) is 18.0 Å². The van der Waals surface area contributed by atoms with Crippen molar-refractivity contribution in [3.05, 3.63) is 58.5 Å². The number of amides is 1. The third kappa shape index (κ3) is 5.20. The average Bonchev–Trinajstić information content (AvgIpc) is 2.95. The van der Waals surface area contributed by atoms with Gasteiger partial charge in [-0.05, 0) is 56.3 Å². The number of nitrogens with zero attached hydrogens (tertiary/aromatic N) is 1. The lowest BCUT2D eigenvalue weighted by Crippen LogP contribution is -2.35. The van der Waals surface area contributed by atoms with E-state index in [1.54, 1.807) is 24.3 Å². The maximum absolute atomic E-state index is 12.9. The van der Waals surface area contributed by atoms with E-state index in [-0.39, 0.29) is 22.1 Å². The van der Waals surface area contributed by atoms with Crippen LogP contribution in [0.4, 0.5) is 5.69 Å². The Labute approximate surface area is 186 Å². The lowest BCUT2D eigenvalue weighted by atomic mass is 10.1. The van der Waals surface area contributed by atoms with E-state index in [4.69, 9.17) is 0 Å². The van der Waals surface area contributed by atoms with Gasteiger partial charge in [-0.2, -0.15) is 0 Å². The largest absolute Gasteiger partial charge is 0.351 e. The minimum atomic E-state index is -3.97. The molecular formula is C22H27N5O4S. The summed E-state index contributed by atoms with van der Waals surface area (Å²) in [5.74, 6) is -0.330. The molecule has 10 heteroatoms. The predicted octanol–water partition coefficient (Wildman–Crippen LogP) is 2.26. The topological polar surface area (TPSA) is 127 Å². The number of carbonyl (C=O) groups excluding carboxylic acids is 1. The Morgan fingerprint density at radius 1 is 0.969 bits per heavy atom. The van der Waals surface area contributed by atoms with Crippen LogP contribution in [0.15, 0.2) is 52.2 Å². The van der Waals surface area contributed by atoms with Gasteiger partial charge < -0.3 is 20.2 Å². The fraction of sp³-hybridized carbons (Fsp3) is 0.364. The molecule has 3 aromatic rings. The van der Waals surface area contributed by atoms with Crippen LogP contribution in [0.1, 0.15) is 36.0 Å². The van der Waals surface area contributed by atoms with Crippen LogP contribution < -0.4 is 15.7 Å². The SMILES string of the molecule is O=C(NCCN1CCCCCC1)c1ccccc1NS(=O)(=O)c1ccc2[nH]c(=O)[nH]c2c1. The number of para-hydroxylation sites is 1. The molecule has 32 heavy (non-hydrogen) atoms. The summed E-state index contributed by atoms with van der Waals surface area (Å²) in [6.45, 7) is 3.36. The van der Waals surface area contributed by atoms with Crippen LogP contribution in [-0.4, -0.2) is 55.4 Å². The zero-order valence-electron chi connectivity index (χ0n) is 17.7. The molecule has 1 saturated heterocycles. The van der Waals surface area contributed by atoms with Gasteiger partial charge in [0.2, 0.25) is 0 Å². The highest BCUT2D eigenvalue weighted by molar-refractivity contribution is 7.92. The van der Waals surface area contributed by atoms with Gasteiger partial charge >= 0.3 is 5.69 Å². The number of anilines is 1. The zero-order chi connectivity index (χ0) is 22.6. The Kier molecular flexibility index (Phi) is 6.61. The fourth-order valence-electron chi connectivity index (χ4n) is 3.94. The second-order valence-corrected chi connectivity index (χ2v) is 9.63. The third-order valence-corrected chi connectivity index (χ3v) is 6.99. The first kappa shape index (κ1) is 22.1. The average molecular weight is 458 g/mol. The van der Waals surface area contributed by atoms with Crippen molar-refractivity contribution in [2.75, 3.05) is 30.9 Å². The summed E-state index contributed by atoms with van der Waals surface area (Å²) in [5, 5.41) is 2.90. The second kappa shape index (κ2) is 9.58. The number of carbonyl (C=O) groups is 1. The van der Waals surface area contributed by atoms with Crippen molar-refractivity contribution < 1.29 is 13.2 Å². The van der Waals surface area contributed by atoms with Crippen molar-refractivity contribution in [3.63, 3.8) is 0 Å². The molecule has 0 spiro atoms. The van der Waals surface area contributed by atoms with Gasteiger partial charge in [0.05, 0.1) is 27.2 Å². The highest BCUT2D eigenvalue weighted by Gasteiger charge is 2.19. The minimum absolute atomic E-state index is 0.0170. The molecule has 4 N–H and O–H groups in total. The molecule has 1 amide bonds. The maximum Gasteiger partial charge on any atom is 0.323 e. The Hall–Kier alpha value is -3.11. The van der Waals surface area contributed by atoms with Crippen molar-refractivity contribution in [1.82, 2.24) is 20.2 Å². The molecule has 0 aliphatic carbocycles. The smallest absolute Gasteiger partial charge is 0.323 e. The number of hydrogen-bond donors (Lipinski definition) is 4. The van der Waals surface area contributed by atoms with Gasteiger partial charge in [0.25, 0.3) is 15.9 Å². The van der Waals surface area contributed by atoms with E-state index in [2.05, 4.69) is 24.9 Å². The number of fused-ring (bicyclic) bond motifs is 1. The minimum Gasteiger partial charge on any atom is -0.351 e. The van der Waals surface area contributed by atoms with E-state index in [1.807, 2.05) is 0 Å². The molecule has 4 rings (SSSR count). The number of aromatic nitrogens is 2. The van der Waals surface area contributed by atoms with Crippen molar-refractivity contribution in [2.24, 2.45) is 0 Å². The normalized spacial score (nSPS) is 15.4. The van der Waals surface area contributed by atoms with Gasteiger partial charge in [0.15, 0.2) is 0 Å². The number of benzene rings is 2. The van der Waals surface area contributed by atoms with Crippen LogP contribution in [0.2, 0.25) is 0 Å². The molecule has 170 valence electrons. The molecular weight excluding hydrogens is 430 g/mol. The van der Waals surface area contributed by atoms with E-state index >= 15 is 0 Å². The number of nitrogens with one attached hydrogen (secondary N) is 4. The van der Waals surface area contributed by atoms with Crippen molar-refractivity contribution in [1.29, 1.82) is 0 Å². The van der Waals surface area contributed by atoms with Crippen LogP contribution in [0.5, 0.6) is 0 Å².